The second-order valence-electron chi connectivity index (χ2n) is 4.22. The van der Waals surface area contributed by atoms with Crippen LogP contribution in [0.5, 0.6) is 0 Å². The normalized spacial score (nSPS) is 11.1. The Balaban J connectivity index is 2.51. The Kier molecular flexibility index (Phi) is 4.09. The molecule has 15 heavy (non-hydrogen) atoms. The molecule has 3 nitrogen and oxygen atoms in total. The molecule has 1 heterocycles. The minimum atomic E-state index is -0.110. The molecule has 0 saturated carbocycles. The van der Waals surface area contributed by atoms with Crippen molar-refractivity contribution in [1.29, 1.82) is 0 Å². The highest BCUT2D eigenvalue weighted by molar-refractivity contribution is 6.18. The fourth-order valence-corrected chi connectivity index (χ4v) is 1.06. The highest BCUT2D eigenvalue weighted by Gasteiger charge is 2.17. The molecule has 0 spiro atoms. The van der Waals surface area contributed by atoms with Crippen molar-refractivity contribution < 1.29 is 4.79 Å². The largest absolute Gasteiger partial charge is 0.351 e. The van der Waals surface area contributed by atoms with Gasteiger partial charge in [-0.05, 0) is 17.5 Å². The van der Waals surface area contributed by atoms with Gasteiger partial charge >= 0.3 is 0 Å². The molecule has 0 fully saturated rings. The van der Waals surface area contributed by atoms with E-state index in [4.69, 9.17) is 11.6 Å². The Morgan fingerprint density at radius 2 is 2.33 bits per heavy atom. The van der Waals surface area contributed by atoms with Crippen LogP contribution in [0.1, 0.15) is 24.2 Å². The fourth-order valence-electron chi connectivity index (χ4n) is 0.966. The van der Waals surface area contributed by atoms with Gasteiger partial charge in [0.2, 0.25) is 0 Å². The molecule has 1 rings (SSSR count). The van der Waals surface area contributed by atoms with Crippen molar-refractivity contribution >= 4 is 17.5 Å². The van der Waals surface area contributed by atoms with E-state index in [1.807, 2.05) is 13.8 Å². The summed E-state index contributed by atoms with van der Waals surface area (Å²) in [4.78, 5) is 15.5. The maximum Gasteiger partial charge on any atom is 0.252 e. The third-order valence-corrected chi connectivity index (χ3v) is 2.74. The van der Waals surface area contributed by atoms with Crippen molar-refractivity contribution in [3.05, 3.63) is 30.1 Å². The number of rotatable bonds is 4. The molecular weight excluding hydrogens is 212 g/mol. The number of amides is 1. The van der Waals surface area contributed by atoms with Gasteiger partial charge in [-0.25, -0.2) is 0 Å². The predicted molar refractivity (Wildman–Crippen MR) is 61.1 cm³/mol. The summed E-state index contributed by atoms with van der Waals surface area (Å²) >= 11 is 5.76. The van der Waals surface area contributed by atoms with Crippen molar-refractivity contribution in [3.8, 4) is 0 Å². The molecule has 0 saturated heterocycles. The average Bonchev–Trinajstić information content (AvgIpc) is 2.27. The van der Waals surface area contributed by atoms with E-state index in [2.05, 4.69) is 10.3 Å². The zero-order valence-electron chi connectivity index (χ0n) is 8.96. The van der Waals surface area contributed by atoms with E-state index in [1.165, 1.54) is 0 Å². The Hall–Kier alpha value is -1.09. The maximum absolute atomic E-state index is 11.6. The molecule has 0 aliphatic rings. The van der Waals surface area contributed by atoms with Gasteiger partial charge in [0.15, 0.2) is 0 Å². The van der Waals surface area contributed by atoms with Gasteiger partial charge in [-0.3, -0.25) is 9.78 Å². The summed E-state index contributed by atoms with van der Waals surface area (Å²) in [5, 5.41) is 2.83. The van der Waals surface area contributed by atoms with Crippen LogP contribution in [0.3, 0.4) is 0 Å². The third kappa shape index (κ3) is 3.88. The molecule has 1 amide bonds. The zero-order valence-corrected chi connectivity index (χ0v) is 9.71. The van der Waals surface area contributed by atoms with Crippen molar-refractivity contribution in [3.63, 3.8) is 0 Å². The first-order valence-electron chi connectivity index (χ1n) is 4.79. The Morgan fingerprint density at radius 3 is 2.87 bits per heavy atom. The first-order chi connectivity index (χ1) is 7.05. The fraction of sp³-hybridized carbons (Fsp3) is 0.455. The molecule has 0 unspecified atom stereocenters. The van der Waals surface area contributed by atoms with Crippen molar-refractivity contribution in [2.45, 2.75) is 13.8 Å². The van der Waals surface area contributed by atoms with E-state index in [0.29, 0.717) is 18.0 Å². The molecule has 0 radical (unpaired) electrons. The van der Waals surface area contributed by atoms with Gasteiger partial charge in [-0.2, -0.15) is 0 Å². The maximum atomic E-state index is 11.6. The molecule has 0 atom stereocenters. The summed E-state index contributed by atoms with van der Waals surface area (Å²) in [5.41, 5.74) is 0.488. The van der Waals surface area contributed by atoms with Gasteiger partial charge in [-0.15, -0.1) is 11.6 Å². The second-order valence-corrected chi connectivity index (χ2v) is 4.49. The standard InChI is InChI=1S/C11H15ClN2O/c1-11(2,7-12)8-14-10(15)9-4-3-5-13-6-9/h3-6H,7-8H2,1-2H3,(H,14,15). The van der Waals surface area contributed by atoms with Crippen LogP contribution < -0.4 is 5.32 Å². The summed E-state index contributed by atoms with van der Waals surface area (Å²) in [7, 11) is 0. The van der Waals surface area contributed by atoms with Crippen LogP contribution in [0.25, 0.3) is 0 Å². The number of pyridine rings is 1. The molecule has 0 aliphatic heterocycles. The van der Waals surface area contributed by atoms with Gasteiger partial charge in [0.25, 0.3) is 5.91 Å². The number of nitrogens with zero attached hydrogens (tertiary/aromatic N) is 1. The molecule has 1 aromatic rings. The molecule has 0 aliphatic carbocycles. The molecule has 82 valence electrons. The lowest BCUT2D eigenvalue weighted by Gasteiger charge is -2.21. The minimum Gasteiger partial charge on any atom is -0.351 e. The van der Waals surface area contributed by atoms with Crippen LogP contribution in [0.15, 0.2) is 24.5 Å². The zero-order chi connectivity index (χ0) is 11.3. The van der Waals surface area contributed by atoms with Crippen LogP contribution in [0.4, 0.5) is 0 Å². The SMILES string of the molecule is CC(C)(CCl)CNC(=O)c1cccnc1. The molecule has 0 aromatic carbocycles. The topological polar surface area (TPSA) is 42.0 Å². The quantitative estimate of drug-likeness (QED) is 0.799. The highest BCUT2D eigenvalue weighted by atomic mass is 35.5. The summed E-state index contributed by atoms with van der Waals surface area (Å²) in [6.07, 6.45) is 3.18. The lowest BCUT2D eigenvalue weighted by Crippen LogP contribution is -2.35. The molecule has 1 aromatic heterocycles. The predicted octanol–water partition coefficient (Wildman–Crippen LogP) is 2.08. The number of carbonyl (C=O) groups excluding carboxylic acids is 1. The van der Waals surface area contributed by atoms with Crippen LogP contribution >= 0.6 is 11.6 Å². The monoisotopic (exact) mass is 226 g/mol. The number of halogens is 1. The van der Waals surface area contributed by atoms with Crippen LogP contribution in [-0.2, 0) is 0 Å². The Labute approximate surface area is 94.9 Å². The van der Waals surface area contributed by atoms with E-state index in [-0.39, 0.29) is 11.3 Å². The first-order valence-corrected chi connectivity index (χ1v) is 5.33. The highest BCUT2D eigenvalue weighted by Crippen LogP contribution is 2.15. The summed E-state index contributed by atoms with van der Waals surface area (Å²) in [6.45, 7) is 4.57. The first kappa shape index (κ1) is 12.0. The lowest BCUT2D eigenvalue weighted by molar-refractivity contribution is 0.0939. The van der Waals surface area contributed by atoms with Crippen molar-refractivity contribution in [1.82, 2.24) is 10.3 Å². The lowest BCUT2D eigenvalue weighted by atomic mass is 9.96. The van der Waals surface area contributed by atoms with Gasteiger partial charge in [-0.1, -0.05) is 13.8 Å². The second kappa shape index (κ2) is 5.12. The number of carbonyl (C=O) groups is 1. The Morgan fingerprint density at radius 1 is 1.60 bits per heavy atom. The van der Waals surface area contributed by atoms with Crippen molar-refractivity contribution in [2.75, 3.05) is 12.4 Å². The van der Waals surface area contributed by atoms with Gasteiger partial charge < -0.3 is 5.32 Å². The molecule has 0 bridgehead atoms. The van der Waals surface area contributed by atoms with Gasteiger partial charge in [0.1, 0.15) is 0 Å². The van der Waals surface area contributed by atoms with E-state index in [9.17, 15) is 4.79 Å². The summed E-state index contributed by atoms with van der Waals surface area (Å²) in [5.74, 6) is 0.404. The third-order valence-electron chi connectivity index (χ3n) is 2.01. The number of aromatic nitrogens is 1. The molecular formula is C11H15ClN2O. The number of alkyl halides is 1. The van der Waals surface area contributed by atoms with E-state index in [0.717, 1.165) is 0 Å². The summed E-state index contributed by atoms with van der Waals surface area (Å²) < 4.78 is 0. The minimum absolute atomic E-state index is 0.0839. The van der Waals surface area contributed by atoms with E-state index >= 15 is 0 Å². The number of hydrogen-bond acceptors (Lipinski definition) is 2. The summed E-state index contributed by atoms with van der Waals surface area (Å²) in [6, 6.07) is 3.47. The van der Waals surface area contributed by atoms with Crippen molar-refractivity contribution in [2.24, 2.45) is 5.41 Å². The van der Waals surface area contributed by atoms with E-state index in [1.54, 1.807) is 24.5 Å². The van der Waals surface area contributed by atoms with Crippen LogP contribution in [-0.4, -0.2) is 23.3 Å². The molecule has 1 N–H and O–H groups in total. The smallest absolute Gasteiger partial charge is 0.252 e. The number of hydrogen-bond donors (Lipinski definition) is 1. The number of nitrogens with one attached hydrogen (secondary N) is 1. The van der Waals surface area contributed by atoms with Gasteiger partial charge in [0, 0.05) is 24.8 Å². The van der Waals surface area contributed by atoms with Crippen LogP contribution in [0.2, 0.25) is 0 Å². The average molecular weight is 227 g/mol. The molecule has 4 heteroatoms. The van der Waals surface area contributed by atoms with E-state index < -0.39 is 0 Å². The van der Waals surface area contributed by atoms with Crippen LogP contribution in [0, 0.1) is 5.41 Å². The Bertz CT molecular complexity index is 325. The van der Waals surface area contributed by atoms with Gasteiger partial charge in [0.05, 0.1) is 5.56 Å².